The fourth-order valence-electron chi connectivity index (χ4n) is 2.11. The summed E-state index contributed by atoms with van der Waals surface area (Å²) in [5, 5.41) is 13.6. The Kier molecular flexibility index (Phi) is 6.10. The summed E-state index contributed by atoms with van der Waals surface area (Å²) in [6, 6.07) is 11.7. The van der Waals surface area contributed by atoms with Crippen molar-refractivity contribution >= 4 is 23.2 Å². The molecule has 1 aromatic carbocycles. The lowest BCUT2D eigenvalue weighted by Crippen LogP contribution is -2.45. The predicted molar refractivity (Wildman–Crippen MR) is 91.4 cm³/mol. The van der Waals surface area contributed by atoms with Crippen LogP contribution in [0.1, 0.15) is 34.6 Å². The normalized spacial score (nSPS) is 11.6. The second kappa shape index (κ2) is 8.27. The van der Waals surface area contributed by atoms with Crippen molar-refractivity contribution in [2.24, 2.45) is 5.92 Å². The Hall–Kier alpha value is -2.65. The second-order valence-electron chi connectivity index (χ2n) is 5.55. The molecule has 0 saturated heterocycles. The van der Waals surface area contributed by atoms with Gasteiger partial charge in [-0.15, -0.1) is 11.3 Å². The van der Waals surface area contributed by atoms with Gasteiger partial charge in [-0.3, -0.25) is 4.79 Å². The number of thiophene rings is 1. The van der Waals surface area contributed by atoms with E-state index in [2.05, 4.69) is 11.4 Å². The van der Waals surface area contributed by atoms with Gasteiger partial charge < -0.3 is 10.1 Å². The van der Waals surface area contributed by atoms with E-state index >= 15 is 0 Å². The summed E-state index contributed by atoms with van der Waals surface area (Å²) in [5.41, 5.74) is 1.11. The van der Waals surface area contributed by atoms with Crippen LogP contribution >= 0.6 is 11.3 Å². The molecule has 6 heteroatoms. The van der Waals surface area contributed by atoms with Gasteiger partial charge in [-0.05, 0) is 23.4 Å². The molecule has 2 rings (SSSR count). The van der Waals surface area contributed by atoms with Gasteiger partial charge in [0.15, 0.2) is 0 Å². The SMILES string of the molecule is CC(C)[C@H](NC(=O)c1cccs1)C(=O)OCc1ccccc1C#N. The molecule has 0 unspecified atom stereocenters. The van der Waals surface area contributed by atoms with Crippen molar-refractivity contribution in [1.82, 2.24) is 5.32 Å². The Morgan fingerprint density at radius 1 is 1.25 bits per heavy atom. The monoisotopic (exact) mass is 342 g/mol. The molecule has 1 aromatic heterocycles. The number of esters is 1. The molecule has 2 aromatic rings. The zero-order valence-corrected chi connectivity index (χ0v) is 14.3. The first-order chi connectivity index (χ1) is 11.5. The molecule has 5 nitrogen and oxygen atoms in total. The summed E-state index contributed by atoms with van der Waals surface area (Å²) in [6.07, 6.45) is 0. The first-order valence-electron chi connectivity index (χ1n) is 7.52. The van der Waals surface area contributed by atoms with Crippen LogP contribution in [0.5, 0.6) is 0 Å². The average molecular weight is 342 g/mol. The van der Waals surface area contributed by atoms with Crippen LogP contribution < -0.4 is 5.32 Å². The number of nitrogens with zero attached hydrogens (tertiary/aromatic N) is 1. The third kappa shape index (κ3) is 4.43. The second-order valence-corrected chi connectivity index (χ2v) is 6.50. The summed E-state index contributed by atoms with van der Waals surface area (Å²) in [7, 11) is 0. The van der Waals surface area contributed by atoms with Crippen molar-refractivity contribution in [2.75, 3.05) is 0 Å². The van der Waals surface area contributed by atoms with Gasteiger partial charge in [0, 0.05) is 5.56 Å². The van der Waals surface area contributed by atoms with E-state index in [1.54, 1.807) is 41.8 Å². The maximum absolute atomic E-state index is 12.3. The summed E-state index contributed by atoms with van der Waals surface area (Å²) in [5.74, 6) is -0.923. The van der Waals surface area contributed by atoms with Gasteiger partial charge in [0.1, 0.15) is 12.6 Å². The number of hydrogen-bond acceptors (Lipinski definition) is 5. The maximum atomic E-state index is 12.3. The number of hydrogen-bond donors (Lipinski definition) is 1. The fourth-order valence-corrected chi connectivity index (χ4v) is 2.74. The summed E-state index contributed by atoms with van der Waals surface area (Å²) in [6.45, 7) is 3.67. The minimum atomic E-state index is -0.742. The Morgan fingerprint density at radius 3 is 2.62 bits per heavy atom. The van der Waals surface area contributed by atoms with Gasteiger partial charge in [-0.25, -0.2) is 4.79 Å². The van der Waals surface area contributed by atoms with Crippen LogP contribution in [0.2, 0.25) is 0 Å². The molecule has 1 amide bonds. The molecule has 0 aliphatic rings. The van der Waals surface area contributed by atoms with Gasteiger partial charge in [0.2, 0.25) is 0 Å². The molecular weight excluding hydrogens is 324 g/mol. The van der Waals surface area contributed by atoms with Crippen molar-refractivity contribution in [3.05, 3.63) is 57.8 Å². The van der Waals surface area contributed by atoms with Gasteiger partial charge in [0.25, 0.3) is 5.91 Å². The number of nitrogens with one attached hydrogen (secondary N) is 1. The van der Waals surface area contributed by atoms with Gasteiger partial charge in [0.05, 0.1) is 16.5 Å². The molecular formula is C18H18N2O3S. The Balaban J connectivity index is 2.01. The number of amides is 1. The highest BCUT2D eigenvalue weighted by atomic mass is 32.1. The Morgan fingerprint density at radius 2 is 2.00 bits per heavy atom. The van der Waals surface area contributed by atoms with E-state index in [9.17, 15) is 9.59 Å². The first kappa shape index (κ1) is 17.7. The molecule has 0 aliphatic heterocycles. The lowest BCUT2D eigenvalue weighted by atomic mass is 10.0. The van der Waals surface area contributed by atoms with Crippen LogP contribution in [0.25, 0.3) is 0 Å². The Labute approximate surface area is 144 Å². The van der Waals surface area contributed by atoms with Crippen LogP contribution in [-0.2, 0) is 16.1 Å². The zero-order valence-electron chi connectivity index (χ0n) is 13.5. The van der Waals surface area contributed by atoms with E-state index in [1.165, 1.54) is 11.3 Å². The van der Waals surface area contributed by atoms with E-state index in [0.29, 0.717) is 16.0 Å². The van der Waals surface area contributed by atoms with Crippen LogP contribution in [0.15, 0.2) is 41.8 Å². The third-order valence-corrected chi connectivity index (χ3v) is 4.33. The van der Waals surface area contributed by atoms with Gasteiger partial charge >= 0.3 is 5.97 Å². The van der Waals surface area contributed by atoms with Gasteiger partial charge in [-0.2, -0.15) is 5.26 Å². The molecule has 0 fully saturated rings. The first-order valence-corrected chi connectivity index (χ1v) is 8.40. The van der Waals surface area contributed by atoms with Crippen molar-refractivity contribution in [3.63, 3.8) is 0 Å². The summed E-state index contributed by atoms with van der Waals surface area (Å²) < 4.78 is 5.31. The quantitative estimate of drug-likeness (QED) is 0.818. The van der Waals surface area contributed by atoms with Crippen molar-refractivity contribution in [1.29, 1.82) is 5.26 Å². The number of carbonyl (C=O) groups excluding carboxylic acids is 2. The number of nitriles is 1. The standard InChI is InChI=1S/C18H18N2O3S/c1-12(2)16(20-17(21)15-8-5-9-24-15)18(22)23-11-14-7-4-3-6-13(14)10-19/h3-9,12,16H,11H2,1-2H3,(H,20,21)/t16-/m0/s1. The van der Waals surface area contributed by atoms with E-state index in [4.69, 9.17) is 10.00 Å². The molecule has 124 valence electrons. The number of ether oxygens (including phenoxy) is 1. The lowest BCUT2D eigenvalue weighted by Gasteiger charge is -2.20. The number of carbonyl (C=O) groups is 2. The molecule has 1 heterocycles. The molecule has 1 atom stereocenters. The van der Waals surface area contributed by atoms with E-state index in [1.807, 2.05) is 13.8 Å². The zero-order chi connectivity index (χ0) is 17.5. The molecule has 1 N–H and O–H groups in total. The van der Waals surface area contributed by atoms with Crippen molar-refractivity contribution in [3.8, 4) is 6.07 Å². The average Bonchev–Trinajstić information content (AvgIpc) is 3.12. The van der Waals surface area contributed by atoms with Crippen LogP contribution in [0.4, 0.5) is 0 Å². The number of rotatable bonds is 6. The highest BCUT2D eigenvalue weighted by Crippen LogP contribution is 2.13. The molecule has 0 radical (unpaired) electrons. The van der Waals surface area contributed by atoms with Crippen LogP contribution in [-0.4, -0.2) is 17.9 Å². The highest BCUT2D eigenvalue weighted by Gasteiger charge is 2.26. The molecule has 0 aliphatic carbocycles. The summed E-state index contributed by atoms with van der Waals surface area (Å²) >= 11 is 1.31. The van der Waals surface area contributed by atoms with Crippen LogP contribution in [0, 0.1) is 17.2 Å². The number of benzene rings is 1. The van der Waals surface area contributed by atoms with E-state index < -0.39 is 12.0 Å². The smallest absolute Gasteiger partial charge is 0.329 e. The minimum Gasteiger partial charge on any atom is -0.459 e. The van der Waals surface area contributed by atoms with Crippen molar-refractivity contribution < 1.29 is 14.3 Å². The molecule has 0 saturated carbocycles. The van der Waals surface area contributed by atoms with E-state index in [0.717, 1.165) is 0 Å². The minimum absolute atomic E-state index is 0.000654. The molecule has 0 spiro atoms. The predicted octanol–water partition coefficient (Wildman–Crippen LogP) is 3.12. The van der Waals surface area contributed by atoms with Gasteiger partial charge in [-0.1, -0.05) is 38.1 Å². The highest BCUT2D eigenvalue weighted by molar-refractivity contribution is 7.12. The molecule has 0 bridgehead atoms. The van der Waals surface area contributed by atoms with E-state index in [-0.39, 0.29) is 18.4 Å². The largest absolute Gasteiger partial charge is 0.459 e. The lowest BCUT2D eigenvalue weighted by molar-refractivity contribution is -0.148. The topological polar surface area (TPSA) is 79.2 Å². The van der Waals surface area contributed by atoms with Crippen molar-refractivity contribution in [2.45, 2.75) is 26.5 Å². The third-order valence-electron chi connectivity index (χ3n) is 3.46. The fraction of sp³-hybridized carbons (Fsp3) is 0.278. The van der Waals surface area contributed by atoms with Crippen LogP contribution in [0.3, 0.4) is 0 Å². The Bertz CT molecular complexity index is 748. The summed E-state index contributed by atoms with van der Waals surface area (Å²) in [4.78, 5) is 25.0. The molecule has 24 heavy (non-hydrogen) atoms. The maximum Gasteiger partial charge on any atom is 0.329 e.